The summed E-state index contributed by atoms with van der Waals surface area (Å²) in [5.74, 6) is 0.373. The normalized spacial score (nSPS) is 11.9. The Morgan fingerprint density at radius 3 is 2.27 bits per heavy atom. The third kappa shape index (κ3) is 6.07. The summed E-state index contributed by atoms with van der Waals surface area (Å²) >= 11 is 0. The van der Waals surface area contributed by atoms with Crippen LogP contribution in [0.5, 0.6) is 11.5 Å². The number of nitro benzene ring substituents is 1. The Bertz CT molecular complexity index is 1240. The van der Waals surface area contributed by atoms with Crippen LogP contribution in [0.1, 0.15) is 35.8 Å². The van der Waals surface area contributed by atoms with Gasteiger partial charge in [-0.25, -0.2) is 0 Å². The van der Waals surface area contributed by atoms with E-state index in [0.717, 1.165) is 17.4 Å². The average Bonchev–Trinajstić information content (AvgIpc) is 2.80. The maximum Gasteiger partial charge on any atom is 0.339 e. The number of carbonyl (C=O) groups is 1. The van der Waals surface area contributed by atoms with E-state index in [0.29, 0.717) is 12.2 Å². The van der Waals surface area contributed by atoms with Gasteiger partial charge in [0.2, 0.25) is 0 Å². The van der Waals surface area contributed by atoms with E-state index in [1.165, 1.54) is 42.5 Å². The van der Waals surface area contributed by atoms with Crippen molar-refractivity contribution in [1.29, 1.82) is 0 Å². The Hall–Kier alpha value is -3.92. The molecule has 0 aliphatic rings. The molecule has 1 amide bonds. The molecular weight excluding hydrogens is 448 g/mol. The third-order valence-corrected chi connectivity index (χ3v) is 5.92. The Balaban J connectivity index is 1.66. The van der Waals surface area contributed by atoms with Crippen molar-refractivity contribution in [2.24, 2.45) is 0 Å². The standard InChI is InChI=1S/C23H22N2O7S/c1-3-31-20-11-7-17(8-12-20)16(2)24-23(26)18-9-13-21(14-10-18)32-33(29,30)22-6-4-5-19(15-22)25(27)28/h4-16H,3H2,1-2H3,(H,24,26). The first kappa shape index (κ1) is 23.7. The molecule has 172 valence electrons. The van der Waals surface area contributed by atoms with Gasteiger partial charge in [-0.15, -0.1) is 0 Å². The Morgan fingerprint density at radius 2 is 1.67 bits per heavy atom. The van der Waals surface area contributed by atoms with E-state index in [1.807, 2.05) is 38.1 Å². The van der Waals surface area contributed by atoms with E-state index >= 15 is 0 Å². The van der Waals surface area contributed by atoms with Gasteiger partial charge in [-0.1, -0.05) is 18.2 Å². The second kappa shape index (κ2) is 10.1. The highest BCUT2D eigenvalue weighted by Gasteiger charge is 2.20. The largest absolute Gasteiger partial charge is 0.494 e. The van der Waals surface area contributed by atoms with E-state index in [-0.39, 0.29) is 28.3 Å². The topological polar surface area (TPSA) is 125 Å². The van der Waals surface area contributed by atoms with Crippen LogP contribution in [-0.4, -0.2) is 25.9 Å². The molecule has 0 fully saturated rings. The van der Waals surface area contributed by atoms with Crippen molar-refractivity contribution in [3.63, 3.8) is 0 Å². The highest BCUT2D eigenvalue weighted by atomic mass is 32.2. The van der Waals surface area contributed by atoms with Crippen molar-refractivity contribution in [3.05, 3.63) is 94.0 Å². The quantitative estimate of drug-likeness (QED) is 0.281. The van der Waals surface area contributed by atoms with E-state index in [4.69, 9.17) is 8.92 Å². The molecule has 3 aromatic rings. The number of ether oxygens (including phenoxy) is 1. The minimum Gasteiger partial charge on any atom is -0.494 e. The predicted molar refractivity (Wildman–Crippen MR) is 121 cm³/mol. The Morgan fingerprint density at radius 1 is 1.03 bits per heavy atom. The summed E-state index contributed by atoms with van der Waals surface area (Å²) in [5.41, 5.74) is 0.844. The molecule has 33 heavy (non-hydrogen) atoms. The summed E-state index contributed by atoms with van der Waals surface area (Å²) in [6.07, 6.45) is 0. The number of benzene rings is 3. The first-order chi connectivity index (χ1) is 15.7. The van der Waals surface area contributed by atoms with Gasteiger partial charge < -0.3 is 14.2 Å². The van der Waals surface area contributed by atoms with E-state index in [2.05, 4.69) is 5.32 Å². The van der Waals surface area contributed by atoms with Crippen LogP contribution in [0.4, 0.5) is 5.69 Å². The molecule has 3 aromatic carbocycles. The zero-order valence-electron chi connectivity index (χ0n) is 17.9. The maximum atomic E-state index is 12.6. The number of nitrogens with one attached hydrogen (secondary N) is 1. The number of nitro groups is 1. The molecule has 0 spiro atoms. The molecule has 1 unspecified atom stereocenters. The van der Waals surface area contributed by atoms with E-state index in [1.54, 1.807) is 0 Å². The van der Waals surface area contributed by atoms with Crippen molar-refractivity contribution in [3.8, 4) is 11.5 Å². The molecule has 1 atom stereocenters. The summed E-state index contributed by atoms with van der Waals surface area (Å²) in [6, 6.07) is 17.2. The molecule has 0 saturated heterocycles. The van der Waals surface area contributed by atoms with Gasteiger partial charge >= 0.3 is 10.1 Å². The van der Waals surface area contributed by atoms with Crippen LogP contribution in [0.2, 0.25) is 0 Å². The van der Waals surface area contributed by atoms with Crippen LogP contribution in [0.3, 0.4) is 0 Å². The number of carbonyl (C=O) groups excluding carboxylic acids is 1. The van der Waals surface area contributed by atoms with Gasteiger partial charge in [0.05, 0.1) is 17.6 Å². The minimum atomic E-state index is -4.28. The monoisotopic (exact) mass is 470 g/mol. The summed E-state index contributed by atoms with van der Waals surface area (Å²) in [5, 5.41) is 13.7. The minimum absolute atomic E-state index is 0.0300. The van der Waals surface area contributed by atoms with Crippen molar-refractivity contribution in [2.45, 2.75) is 24.8 Å². The molecule has 0 aliphatic carbocycles. The lowest BCUT2D eigenvalue weighted by Crippen LogP contribution is -2.26. The van der Waals surface area contributed by atoms with Gasteiger partial charge in [-0.2, -0.15) is 8.42 Å². The van der Waals surface area contributed by atoms with Gasteiger partial charge in [-0.05, 0) is 61.9 Å². The second-order valence-electron chi connectivity index (χ2n) is 7.01. The number of non-ortho nitro benzene ring substituents is 1. The summed E-state index contributed by atoms with van der Waals surface area (Å²) in [4.78, 5) is 22.4. The van der Waals surface area contributed by atoms with Crippen molar-refractivity contribution < 1.29 is 27.1 Å². The smallest absolute Gasteiger partial charge is 0.339 e. The highest BCUT2D eigenvalue weighted by Crippen LogP contribution is 2.23. The van der Waals surface area contributed by atoms with E-state index < -0.39 is 15.0 Å². The first-order valence-electron chi connectivity index (χ1n) is 10.0. The molecule has 0 heterocycles. The Labute approximate surface area is 191 Å². The highest BCUT2D eigenvalue weighted by molar-refractivity contribution is 7.87. The summed E-state index contributed by atoms with van der Waals surface area (Å²) in [7, 11) is -4.28. The fraction of sp³-hybridized carbons (Fsp3) is 0.174. The van der Waals surface area contributed by atoms with Gasteiger partial charge in [-0.3, -0.25) is 14.9 Å². The molecule has 0 saturated carbocycles. The molecule has 3 rings (SSSR count). The van der Waals surface area contributed by atoms with Crippen molar-refractivity contribution in [1.82, 2.24) is 5.32 Å². The number of hydrogen-bond acceptors (Lipinski definition) is 7. The molecule has 0 radical (unpaired) electrons. The summed E-state index contributed by atoms with van der Waals surface area (Å²) < 4.78 is 35.3. The number of amides is 1. The lowest BCUT2D eigenvalue weighted by molar-refractivity contribution is -0.385. The molecule has 1 N–H and O–H groups in total. The van der Waals surface area contributed by atoms with E-state index in [9.17, 15) is 23.3 Å². The predicted octanol–water partition coefficient (Wildman–Crippen LogP) is 4.25. The fourth-order valence-electron chi connectivity index (χ4n) is 2.97. The van der Waals surface area contributed by atoms with Crippen molar-refractivity contribution in [2.75, 3.05) is 6.61 Å². The van der Waals surface area contributed by atoms with Gasteiger partial charge in [0.15, 0.2) is 0 Å². The van der Waals surface area contributed by atoms with Crippen LogP contribution in [0, 0.1) is 10.1 Å². The molecule has 0 bridgehead atoms. The van der Waals surface area contributed by atoms with Crippen LogP contribution in [0.25, 0.3) is 0 Å². The molecular formula is C23H22N2O7S. The van der Waals surface area contributed by atoms with Crippen molar-refractivity contribution >= 4 is 21.7 Å². The zero-order valence-corrected chi connectivity index (χ0v) is 18.7. The second-order valence-corrected chi connectivity index (χ2v) is 8.56. The molecule has 10 heteroatoms. The maximum absolute atomic E-state index is 12.6. The van der Waals surface area contributed by atoms with Crippen LogP contribution < -0.4 is 14.2 Å². The van der Waals surface area contributed by atoms with Crippen LogP contribution in [-0.2, 0) is 10.1 Å². The lowest BCUT2D eigenvalue weighted by Gasteiger charge is -2.15. The van der Waals surface area contributed by atoms with Crippen LogP contribution in [0.15, 0.2) is 77.7 Å². The summed E-state index contributed by atoms with van der Waals surface area (Å²) in [6.45, 7) is 4.31. The molecule has 0 aromatic heterocycles. The van der Waals surface area contributed by atoms with Gasteiger partial charge in [0.25, 0.3) is 11.6 Å². The third-order valence-electron chi connectivity index (χ3n) is 4.68. The first-order valence-corrected chi connectivity index (χ1v) is 11.4. The average molecular weight is 471 g/mol. The van der Waals surface area contributed by atoms with Crippen LogP contribution >= 0.6 is 0 Å². The molecule has 0 aliphatic heterocycles. The van der Waals surface area contributed by atoms with Gasteiger partial charge in [0, 0.05) is 17.7 Å². The Kier molecular flexibility index (Phi) is 7.29. The van der Waals surface area contributed by atoms with Gasteiger partial charge in [0.1, 0.15) is 16.4 Å². The number of hydrogen-bond donors (Lipinski definition) is 1. The SMILES string of the molecule is CCOc1ccc(C(C)NC(=O)c2ccc(OS(=O)(=O)c3cccc([N+](=O)[O-])c3)cc2)cc1. The number of rotatable bonds is 9. The number of nitrogens with zero attached hydrogens (tertiary/aromatic N) is 1. The zero-order chi connectivity index (χ0) is 24.0. The molecule has 9 nitrogen and oxygen atoms in total. The lowest BCUT2D eigenvalue weighted by atomic mass is 10.1. The fourth-order valence-corrected chi connectivity index (χ4v) is 3.94.